The normalized spacial score (nSPS) is 12.3. The molecule has 0 spiro atoms. The molecule has 0 atom stereocenters. The number of benzene rings is 1. The highest BCUT2D eigenvalue weighted by molar-refractivity contribution is 5.86. The smallest absolute Gasteiger partial charge is 0.354 e. The monoisotopic (exact) mass is 367 g/mol. The molecule has 3 aromatic heterocycles. The summed E-state index contributed by atoms with van der Waals surface area (Å²) in [5, 5.41) is 9.38. The zero-order valence-electron chi connectivity index (χ0n) is 15.0. The Morgan fingerprint density at radius 2 is 1.75 bits per heavy atom. The van der Waals surface area contributed by atoms with Crippen LogP contribution in [-0.4, -0.2) is 25.6 Å². The van der Waals surface area contributed by atoms with E-state index in [-0.39, 0.29) is 5.69 Å². The standard InChI is InChI=1S/C23H17N3O2/c27-23(28)20-13-17(9-12-25-20)26-21-6-5-15-3-1-2-4-18(15)19(21)14-22(26)16-7-10-24-11-8-16/h1-4,7-14H,5-6H2,(H,27,28). The number of carboxylic acid groups (broad SMARTS) is 1. The number of aromatic nitrogens is 3. The predicted octanol–water partition coefficient (Wildman–Crippen LogP) is 4.40. The maximum Gasteiger partial charge on any atom is 0.354 e. The van der Waals surface area contributed by atoms with E-state index < -0.39 is 5.97 Å². The van der Waals surface area contributed by atoms with Crippen molar-refractivity contribution in [3.8, 4) is 28.1 Å². The summed E-state index contributed by atoms with van der Waals surface area (Å²) in [4.78, 5) is 19.6. The van der Waals surface area contributed by atoms with Gasteiger partial charge in [0.1, 0.15) is 5.69 Å². The maximum absolute atomic E-state index is 11.5. The van der Waals surface area contributed by atoms with E-state index in [9.17, 15) is 9.90 Å². The van der Waals surface area contributed by atoms with Gasteiger partial charge in [0.05, 0.1) is 5.69 Å². The van der Waals surface area contributed by atoms with Gasteiger partial charge in [0, 0.05) is 41.1 Å². The molecule has 1 N–H and O–H groups in total. The van der Waals surface area contributed by atoms with Crippen molar-refractivity contribution in [3.05, 3.63) is 90.1 Å². The Bertz CT molecular complexity index is 1200. The van der Waals surface area contributed by atoms with Crippen LogP contribution >= 0.6 is 0 Å². The molecular weight excluding hydrogens is 350 g/mol. The second-order valence-corrected chi connectivity index (χ2v) is 6.82. The van der Waals surface area contributed by atoms with Gasteiger partial charge in [-0.05, 0) is 54.3 Å². The van der Waals surface area contributed by atoms with Crippen LogP contribution in [0.2, 0.25) is 0 Å². The summed E-state index contributed by atoms with van der Waals surface area (Å²) in [7, 11) is 0. The van der Waals surface area contributed by atoms with Crippen molar-refractivity contribution in [2.24, 2.45) is 0 Å². The van der Waals surface area contributed by atoms with Crippen molar-refractivity contribution in [3.63, 3.8) is 0 Å². The van der Waals surface area contributed by atoms with Gasteiger partial charge in [0.2, 0.25) is 0 Å². The van der Waals surface area contributed by atoms with Crippen molar-refractivity contribution in [2.75, 3.05) is 0 Å². The molecule has 0 bridgehead atoms. The molecule has 0 saturated heterocycles. The number of aryl methyl sites for hydroxylation is 1. The van der Waals surface area contributed by atoms with Gasteiger partial charge >= 0.3 is 5.97 Å². The van der Waals surface area contributed by atoms with Gasteiger partial charge in [-0.1, -0.05) is 24.3 Å². The van der Waals surface area contributed by atoms with Crippen molar-refractivity contribution in [1.29, 1.82) is 0 Å². The van der Waals surface area contributed by atoms with Gasteiger partial charge in [-0.15, -0.1) is 0 Å². The van der Waals surface area contributed by atoms with Gasteiger partial charge in [-0.2, -0.15) is 0 Å². The van der Waals surface area contributed by atoms with E-state index in [2.05, 4.69) is 44.9 Å². The Hall–Kier alpha value is -3.73. The quantitative estimate of drug-likeness (QED) is 0.583. The van der Waals surface area contributed by atoms with Crippen LogP contribution in [0.5, 0.6) is 0 Å². The van der Waals surface area contributed by atoms with E-state index in [0.29, 0.717) is 0 Å². The fourth-order valence-electron chi connectivity index (χ4n) is 3.99. The maximum atomic E-state index is 11.5. The third-order valence-electron chi connectivity index (χ3n) is 5.24. The van der Waals surface area contributed by atoms with E-state index >= 15 is 0 Å². The van der Waals surface area contributed by atoms with Crippen LogP contribution in [0.1, 0.15) is 21.7 Å². The molecule has 28 heavy (non-hydrogen) atoms. The number of carboxylic acids is 1. The minimum atomic E-state index is -1.03. The number of pyridine rings is 2. The predicted molar refractivity (Wildman–Crippen MR) is 107 cm³/mol. The van der Waals surface area contributed by atoms with Crippen LogP contribution in [-0.2, 0) is 12.8 Å². The molecule has 0 aliphatic heterocycles. The molecule has 5 rings (SSSR count). The molecule has 5 nitrogen and oxygen atoms in total. The highest BCUT2D eigenvalue weighted by atomic mass is 16.4. The number of aromatic carboxylic acids is 1. The van der Waals surface area contributed by atoms with Gasteiger partial charge in [0.15, 0.2) is 0 Å². The highest BCUT2D eigenvalue weighted by Gasteiger charge is 2.24. The molecule has 0 radical (unpaired) electrons. The summed E-state index contributed by atoms with van der Waals surface area (Å²) >= 11 is 0. The molecule has 0 saturated carbocycles. The number of hydrogen-bond donors (Lipinski definition) is 1. The number of hydrogen-bond acceptors (Lipinski definition) is 3. The zero-order valence-corrected chi connectivity index (χ0v) is 15.0. The summed E-state index contributed by atoms with van der Waals surface area (Å²) in [5.74, 6) is -1.03. The van der Waals surface area contributed by atoms with E-state index in [1.165, 1.54) is 22.4 Å². The zero-order chi connectivity index (χ0) is 19.1. The second-order valence-electron chi connectivity index (χ2n) is 6.82. The Balaban J connectivity index is 1.80. The molecule has 1 aromatic carbocycles. The molecule has 5 heteroatoms. The Morgan fingerprint density at radius 3 is 2.57 bits per heavy atom. The minimum absolute atomic E-state index is 0.0387. The molecule has 0 unspecified atom stereocenters. The van der Waals surface area contributed by atoms with Crippen molar-refractivity contribution < 1.29 is 9.90 Å². The lowest BCUT2D eigenvalue weighted by Gasteiger charge is -2.20. The average Bonchev–Trinajstić information content (AvgIpc) is 3.14. The number of rotatable bonds is 3. The number of carbonyl (C=O) groups is 1. The Labute approximate surface area is 162 Å². The summed E-state index contributed by atoms with van der Waals surface area (Å²) in [6.45, 7) is 0. The molecule has 0 fully saturated rings. The first-order chi connectivity index (χ1) is 13.7. The largest absolute Gasteiger partial charge is 0.477 e. The second kappa shape index (κ2) is 6.46. The molecule has 1 aliphatic carbocycles. The minimum Gasteiger partial charge on any atom is -0.477 e. The Morgan fingerprint density at radius 1 is 0.929 bits per heavy atom. The van der Waals surface area contributed by atoms with E-state index in [1.807, 2.05) is 18.2 Å². The van der Waals surface area contributed by atoms with E-state index in [1.54, 1.807) is 24.7 Å². The fraction of sp³-hybridized carbons (Fsp3) is 0.0870. The van der Waals surface area contributed by atoms with Crippen LogP contribution in [0.3, 0.4) is 0 Å². The summed E-state index contributed by atoms with van der Waals surface area (Å²) in [5.41, 5.74) is 7.87. The molecule has 136 valence electrons. The lowest BCUT2D eigenvalue weighted by Crippen LogP contribution is -2.10. The third-order valence-corrected chi connectivity index (χ3v) is 5.24. The van der Waals surface area contributed by atoms with Crippen LogP contribution in [0.15, 0.2) is 73.2 Å². The van der Waals surface area contributed by atoms with Crippen molar-refractivity contribution in [1.82, 2.24) is 14.5 Å². The molecular formula is C23H17N3O2. The van der Waals surface area contributed by atoms with Gasteiger partial charge in [-0.3, -0.25) is 4.98 Å². The van der Waals surface area contributed by atoms with E-state index in [4.69, 9.17) is 0 Å². The first-order valence-corrected chi connectivity index (χ1v) is 9.15. The molecule has 4 aromatic rings. The first kappa shape index (κ1) is 16.4. The summed E-state index contributed by atoms with van der Waals surface area (Å²) < 4.78 is 2.16. The SMILES string of the molecule is O=C(O)c1cc(-n2c(-c3ccncc3)cc3c2CCc2ccccc2-3)ccn1. The van der Waals surface area contributed by atoms with Crippen LogP contribution in [0, 0.1) is 0 Å². The average molecular weight is 367 g/mol. The van der Waals surface area contributed by atoms with Crippen LogP contribution in [0.25, 0.3) is 28.1 Å². The molecule has 0 amide bonds. The lowest BCUT2D eigenvalue weighted by molar-refractivity contribution is 0.0690. The summed E-state index contributed by atoms with van der Waals surface area (Å²) in [6.07, 6.45) is 6.95. The van der Waals surface area contributed by atoms with Crippen LogP contribution in [0.4, 0.5) is 0 Å². The topological polar surface area (TPSA) is 68.0 Å². The van der Waals surface area contributed by atoms with Gasteiger partial charge < -0.3 is 9.67 Å². The van der Waals surface area contributed by atoms with Crippen molar-refractivity contribution in [2.45, 2.75) is 12.8 Å². The van der Waals surface area contributed by atoms with Gasteiger partial charge in [-0.25, -0.2) is 9.78 Å². The van der Waals surface area contributed by atoms with Crippen molar-refractivity contribution >= 4 is 5.97 Å². The highest BCUT2D eigenvalue weighted by Crippen LogP contribution is 2.40. The fourth-order valence-corrected chi connectivity index (χ4v) is 3.99. The first-order valence-electron chi connectivity index (χ1n) is 9.15. The number of nitrogens with zero attached hydrogens (tertiary/aromatic N) is 3. The number of fused-ring (bicyclic) bond motifs is 3. The van der Waals surface area contributed by atoms with Crippen LogP contribution < -0.4 is 0 Å². The molecule has 3 heterocycles. The third kappa shape index (κ3) is 2.60. The molecule has 1 aliphatic rings. The Kier molecular flexibility index (Phi) is 3.79. The van der Waals surface area contributed by atoms with E-state index in [0.717, 1.165) is 29.8 Å². The summed E-state index contributed by atoms with van der Waals surface area (Å²) in [6, 6.07) is 18.1. The lowest BCUT2D eigenvalue weighted by atomic mass is 9.90. The van der Waals surface area contributed by atoms with Gasteiger partial charge in [0.25, 0.3) is 0 Å².